The summed E-state index contributed by atoms with van der Waals surface area (Å²) in [7, 11) is 0. The first-order chi connectivity index (χ1) is 8.70. The number of amides is 1. The Kier molecular flexibility index (Phi) is 4.02. The third kappa shape index (κ3) is 2.91. The second-order valence-corrected chi connectivity index (χ2v) is 4.56. The molecular formula is C13H20N4O. The molecule has 1 fully saturated rings. The van der Waals surface area contributed by atoms with E-state index < -0.39 is 0 Å². The van der Waals surface area contributed by atoms with Crippen LogP contribution in [0.25, 0.3) is 0 Å². The Morgan fingerprint density at radius 3 is 2.61 bits per heavy atom. The molecule has 0 unspecified atom stereocenters. The highest BCUT2D eigenvalue weighted by Crippen LogP contribution is 2.16. The third-order valence-electron chi connectivity index (χ3n) is 3.23. The molecule has 1 aromatic heterocycles. The first-order valence-corrected chi connectivity index (χ1v) is 6.45. The zero-order valence-electron chi connectivity index (χ0n) is 10.8. The van der Waals surface area contributed by atoms with Crippen molar-refractivity contribution in [1.29, 1.82) is 0 Å². The molecule has 0 atom stereocenters. The van der Waals surface area contributed by atoms with Crippen LogP contribution in [0.3, 0.4) is 0 Å². The molecule has 0 aliphatic carbocycles. The lowest BCUT2D eigenvalue weighted by Gasteiger charge is -2.36. The number of nitrogens with zero attached hydrogens (tertiary/aromatic N) is 3. The molecule has 1 aliphatic heterocycles. The van der Waals surface area contributed by atoms with Crippen LogP contribution in [-0.2, 0) is 4.79 Å². The van der Waals surface area contributed by atoms with Crippen molar-refractivity contribution in [1.82, 2.24) is 9.88 Å². The van der Waals surface area contributed by atoms with Crippen LogP contribution in [0.1, 0.15) is 19.8 Å². The van der Waals surface area contributed by atoms with E-state index in [2.05, 4.69) is 9.88 Å². The number of carbonyl (C=O) groups is 1. The first-order valence-electron chi connectivity index (χ1n) is 6.45. The molecule has 5 nitrogen and oxygen atoms in total. The molecule has 1 aliphatic rings. The van der Waals surface area contributed by atoms with Crippen LogP contribution in [-0.4, -0.2) is 42.0 Å². The first kappa shape index (κ1) is 12.7. The van der Waals surface area contributed by atoms with Gasteiger partial charge in [0.2, 0.25) is 5.91 Å². The number of carbonyl (C=O) groups excluding carboxylic acids is 1. The lowest BCUT2D eigenvalue weighted by atomic mass is 10.2. The van der Waals surface area contributed by atoms with Gasteiger partial charge in [0.25, 0.3) is 0 Å². The minimum absolute atomic E-state index is 0.271. The Morgan fingerprint density at radius 2 is 2.06 bits per heavy atom. The number of hydrogen-bond acceptors (Lipinski definition) is 4. The topological polar surface area (TPSA) is 62.5 Å². The van der Waals surface area contributed by atoms with Gasteiger partial charge in [0, 0.05) is 32.6 Å². The predicted octanol–water partition coefficient (Wildman–Crippen LogP) is 1.11. The van der Waals surface area contributed by atoms with Crippen molar-refractivity contribution in [3.63, 3.8) is 0 Å². The molecule has 0 aromatic carbocycles. The smallest absolute Gasteiger partial charge is 0.222 e. The minimum atomic E-state index is 0.271. The number of nitrogens with two attached hydrogens (primary N) is 1. The van der Waals surface area contributed by atoms with Gasteiger partial charge >= 0.3 is 0 Å². The lowest BCUT2D eigenvalue weighted by molar-refractivity contribution is -0.131. The summed E-state index contributed by atoms with van der Waals surface area (Å²) in [6, 6.07) is 3.79. The van der Waals surface area contributed by atoms with E-state index in [1.807, 2.05) is 24.0 Å². The van der Waals surface area contributed by atoms with Crippen LogP contribution in [0.2, 0.25) is 0 Å². The Morgan fingerprint density at radius 1 is 1.33 bits per heavy atom. The zero-order valence-corrected chi connectivity index (χ0v) is 10.8. The highest BCUT2D eigenvalue weighted by atomic mass is 16.2. The van der Waals surface area contributed by atoms with E-state index in [-0.39, 0.29) is 5.91 Å². The molecule has 2 rings (SSSR count). The predicted molar refractivity (Wildman–Crippen MR) is 72.4 cm³/mol. The monoisotopic (exact) mass is 248 g/mol. The molecule has 1 amide bonds. The van der Waals surface area contributed by atoms with Gasteiger partial charge in [-0.1, -0.05) is 6.92 Å². The van der Waals surface area contributed by atoms with Crippen LogP contribution in [0.4, 0.5) is 11.5 Å². The summed E-state index contributed by atoms with van der Waals surface area (Å²) in [6.45, 7) is 5.35. The number of hydrogen-bond donors (Lipinski definition) is 1. The Bertz CT molecular complexity index is 396. The molecule has 1 aromatic rings. The standard InChI is InChI=1S/C13H20N4O/c1-2-3-13(18)17-8-6-16(7-9-17)11-4-5-12(14)15-10-11/h4-5,10H,2-3,6-9H2,1H3,(H2,14,15). The largest absolute Gasteiger partial charge is 0.384 e. The molecular weight excluding hydrogens is 228 g/mol. The van der Waals surface area contributed by atoms with Crippen molar-refractivity contribution >= 4 is 17.4 Å². The molecule has 5 heteroatoms. The van der Waals surface area contributed by atoms with Gasteiger partial charge in [-0.15, -0.1) is 0 Å². The molecule has 18 heavy (non-hydrogen) atoms. The van der Waals surface area contributed by atoms with Crippen molar-refractivity contribution < 1.29 is 4.79 Å². The van der Waals surface area contributed by atoms with Gasteiger partial charge < -0.3 is 15.5 Å². The number of rotatable bonds is 3. The number of nitrogen functional groups attached to an aromatic ring is 1. The van der Waals surface area contributed by atoms with Gasteiger partial charge in [-0.2, -0.15) is 0 Å². The average Bonchev–Trinajstić information content (AvgIpc) is 2.40. The fourth-order valence-electron chi connectivity index (χ4n) is 2.17. The van der Waals surface area contributed by atoms with Gasteiger partial charge in [-0.3, -0.25) is 4.79 Å². The summed E-state index contributed by atoms with van der Waals surface area (Å²) in [5, 5.41) is 0. The normalized spacial score (nSPS) is 15.8. The maximum Gasteiger partial charge on any atom is 0.222 e. The van der Waals surface area contributed by atoms with E-state index in [9.17, 15) is 4.79 Å². The molecule has 2 N–H and O–H groups in total. The van der Waals surface area contributed by atoms with Crippen LogP contribution >= 0.6 is 0 Å². The van der Waals surface area contributed by atoms with E-state index in [0.29, 0.717) is 12.2 Å². The quantitative estimate of drug-likeness (QED) is 0.870. The molecule has 1 saturated heterocycles. The summed E-state index contributed by atoms with van der Waals surface area (Å²) in [5.74, 6) is 0.808. The molecule has 0 saturated carbocycles. The number of pyridine rings is 1. The maximum absolute atomic E-state index is 11.8. The summed E-state index contributed by atoms with van der Waals surface area (Å²) in [5.41, 5.74) is 6.64. The summed E-state index contributed by atoms with van der Waals surface area (Å²) in [4.78, 5) is 20.0. The Labute approximate surface area is 108 Å². The SMILES string of the molecule is CCCC(=O)N1CCN(c2ccc(N)nc2)CC1. The van der Waals surface area contributed by atoms with Crippen LogP contribution in [0.5, 0.6) is 0 Å². The number of piperazine rings is 1. The van der Waals surface area contributed by atoms with Crippen molar-refractivity contribution in [3.05, 3.63) is 18.3 Å². The van der Waals surface area contributed by atoms with Gasteiger partial charge in [0.1, 0.15) is 5.82 Å². The molecule has 2 heterocycles. The van der Waals surface area contributed by atoms with Gasteiger partial charge in [0.15, 0.2) is 0 Å². The van der Waals surface area contributed by atoms with Crippen LogP contribution in [0.15, 0.2) is 18.3 Å². The molecule has 0 radical (unpaired) electrons. The number of aromatic nitrogens is 1. The lowest BCUT2D eigenvalue weighted by Crippen LogP contribution is -2.48. The van der Waals surface area contributed by atoms with Gasteiger partial charge in [0.05, 0.1) is 11.9 Å². The van der Waals surface area contributed by atoms with Crippen molar-refractivity contribution in [2.24, 2.45) is 0 Å². The van der Waals surface area contributed by atoms with E-state index in [1.165, 1.54) is 0 Å². The average molecular weight is 248 g/mol. The van der Waals surface area contributed by atoms with Crippen LogP contribution in [0, 0.1) is 0 Å². The second-order valence-electron chi connectivity index (χ2n) is 4.56. The third-order valence-corrected chi connectivity index (χ3v) is 3.23. The summed E-state index contributed by atoms with van der Waals surface area (Å²) in [6.07, 6.45) is 3.36. The molecule has 98 valence electrons. The van der Waals surface area contributed by atoms with Crippen molar-refractivity contribution in [2.45, 2.75) is 19.8 Å². The van der Waals surface area contributed by atoms with Gasteiger partial charge in [-0.25, -0.2) is 4.98 Å². The molecule has 0 spiro atoms. The number of anilines is 2. The van der Waals surface area contributed by atoms with Crippen molar-refractivity contribution in [3.8, 4) is 0 Å². The van der Waals surface area contributed by atoms with E-state index >= 15 is 0 Å². The zero-order chi connectivity index (χ0) is 13.0. The Balaban J connectivity index is 1.90. The highest BCUT2D eigenvalue weighted by Gasteiger charge is 2.20. The Hall–Kier alpha value is -1.78. The molecule has 0 bridgehead atoms. The highest BCUT2D eigenvalue weighted by molar-refractivity contribution is 5.76. The van der Waals surface area contributed by atoms with E-state index in [0.717, 1.165) is 38.3 Å². The maximum atomic E-state index is 11.8. The summed E-state index contributed by atoms with van der Waals surface area (Å²) >= 11 is 0. The fourth-order valence-corrected chi connectivity index (χ4v) is 2.17. The summed E-state index contributed by atoms with van der Waals surface area (Å²) < 4.78 is 0. The minimum Gasteiger partial charge on any atom is -0.384 e. The van der Waals surface area contributed by atoms with Crippen LogP contribution < -0.4 is 10.6 Å². The van der Waals surface area contributed by atoms with Crippen molar-refractivity contribution in [2.75, 3.05) is 36.8 Å². The fraction of sp³-hybridized carbons (Fsp3) is 0.538. The second kappa shape index (κ2) is 5.71. The van der Waals surface area contributed by atoms with E-state index in [1.54, 1.807) is 6.20 Å². The van der Waals surface area contributed by atoms with Gasteiger partial charge in [-0.05, 0) is 18.6 Å². The van der Waals surface area contributed by atoms with E-state index in [4.69, 9.17) is 5.73 Å².